The number of nitrogens with one attached hydrogen (secondary N) is 2. The van der Waals surface area contributed by atoms with Gasteiger partial charge >= 0.3 is 0 Å². The molecule has 0 saturated carbocycles. The van der Waals surface area contributed by atoms with E-state index in [4.69, 9.17) is 0 Å². The lowest BCUT2D eigenvalue weighted by atomic mass is 9.68. The van der Waals surface area contributed by atoms with Crippen molar-refractivity contribution in [3.63, 3.8) is 0 Å². The Morgan fingerprint density at radius 3 is 2.52 bits per heavy atom. The SMILES string of the molecule is c1ccc2c(c1)NCCC21CCN(C2CCNCC2)CC1. The van der Waals surface area contributed by atoms with Crippen LogP contribution < -0.4 is 10.6 Å². The fourth-order valence-corrected chi connectivity index (χ4v) is 4.68. The zero-order chi connectivity index (χ0) is 14.1. The van der Waals surface area contributed by atoms with Crippen LogP contribution in [0, 0.1) is 0 Å². The number of piperidine rings is 2. The molecule has 0 aliphatic carbocycles. The molecule has 4 rings (SSSR count). The van der Waals surface area contributed by atoms with Gasteiger partial charge in [0.1, 0.15) is 0 Å². The van der Waals surface area contributed by atoms with Crippen LogP contribution in [-0.2, 0) is 5.41 Å². The molecule has 2 N–H and O–H groups in total. The Kier molecular flexibility index (Phi) is 3.64. The summed E-state index contributed by atoms with van der Waals surface area (Å²) in [5.74, 6) is 0. The first kappa shape index (κ1) is 13.6. The highest BCUT2D eigenvalue weighted by molar-refractivity contribution is 5.57. The summed E-state index contributed by atoms with van der Waals surface area (Å²) < 4.78 is 0. The van der Waals surface area contributed by atoms with Gasteiger partial charge in [0.25, 0.3) is 0 Å². The van der Waals surface area contributed by atoms with Crippen molar-refractivity contribution >= 4 is 5.69 Å². The highest BCUT2D eigenvalue weighted by Crippen LogP contribution is 2.44. The van der Waals surface area contributed by atoms with Crippen LogP contribution in [0.3, 0.4) is 0 Å². The van der Waals surface area contributed by atoms with Crippen LogP contribution in [0.15, 0.2) is 24.3 Å². The predicted molar refractivity (Wildman–Crippen MR) is 87.9 cm³/mol. The van der Waals surface area contributed by atoms with E-state index in [-0.39, 0.29) is 0 Å². The largest absolute Gasteiger partial charge is 0.385 e. The summed E-state index contributed by atoms with van der Waals surface area (Å²) in [6.45, 7) is 6.14. The number of nitrogens with zero attached hydrogens (tertiary/aromatic N) is 1. The van der Waals surface area contributed by atoms with Crippen LogP contribution in [-0.4, -0.2) is 43.7 Å². The average molecular weight is 285 g/mol. The fraction of sp³-hybridized carbons (Fsp3) is 0.667. The number of rotatable bonds is 1. The first-order chi connectivity index (χ1) is 10.4. The molecular formula is C18H27N3. The molecule has 3 nitrogen and oxygen atoms in total. The van der Waals surface area contributed by atoms with Gasteiger partial charge in [0, 0.05) is 23.7 Å². The average Bonchev–Trinajstić information content (AvgIpc) is 2.57. The third-order valence-corrected chi connectivity index (χ3v) is 6.00. The molecule has 3 aliphatic heterocycles. The fourth-order valence-electron chi connectivity index (χ4n) is 4.68. The molecule has 1 aromatic carbocycles. The highest BCUT2D eigenvalue weighted by Gasteiger charge is 2.40. The van der Waals surface area contributed by atoms with E-state index in [1.54, 1.807) is 5.56 Å². The van der Waals surface area contributed by atoms with Crippen molar-refractivity contribution in [3.8, 4) is 0 Å². The Balaban J connectivity index is 1.49. The smallest absolute Gasteiger partial charge is 0.0378 e. The molecule has 2 saturated heterocycles. The number of benzene rings is 1. The summed E-state index contributed by atoms with van der Waals surface area (Å²) in [6.07, 6.45) is 6.67. The van der Waals surface area contributed by atoms with E-state index in [0.29, 0.717) is 5.41 Å². The molecule has 0 atom stereocenters. The molecule has 3 aliphatic rings. The number of fused-ring (bicyclic) bond motifs is 2. The Morgan fingerprint density at radius 2 is 1.71 bits per heavy atom. The minimum atomic E-state index is 0.450. The molecule has 0 amide bonds. The highest BCUT2D eigenvalue weighted by atomic mass is 15.2. The van der Waals surface area contributed by atoms with Gasteiger partial charge in [-0.15, -0.1) is 0 Å². The van der Waals surface area contributed by atoms with E-state index < -0.39 is 0 Å². The van der Waals surface area contributed by atoms with E-state index in [1.807, 2.05) is 0 Å². The molecule has 0 radical (unpaired) electrons. The lowest BCUT2D eigenvalue weighted by Crippen LogP contribution is -2.51. The Labute approximate surface area is 128 Å². The first-order valence-corrected chi connectivity index (χ1v) is 8.66. The van der Waals surface area contributed by atoms with Gasteiger partial charge in [-0.05, 0) is 69.9 Å². The summed E-state index contributed by atoms with van der Waals surface area (Å²) in [5, 5.41) is 7.08. The van der Waals surface area contributed by atoms with E-state index in [2.05, 4.69) is 39.8 Å². The van der Waals surface area contributed by atoms with Crippen molar-refractivity contribution in [3.05, 3.63) is 29.8 Å². The van der Waals surface area contributed by atoms with Crippen molar-refractivity contribution < 1.29 is 0 Å². The lowest BCUT2D eigenvalue weighted by molar-refractivity contribution is 0.0927. The van der Waals surface area contributed by atoms with Crippen LogP contribution in [0.25, 0.3) is 0 Å². The maximum absolute atomic E-state index is 3.59. The molecule has 2 fully saturated rings. The first-order valence-electron chi connectivity index (χ1n) is 8.66. The molecule has 1 spiro atoms. The van der Waals surface area contributed by atoms with Crippen molar-refractivity contribution in [1.29, 1.82) is 0 Å². The molecule has 3 heteroatoms. The maximum Gasteiger partial charge on any atom is 0.0378 e. The Bertz CT molecular complexity index is 485. The second-order valence-electron chi connectivity index (χ2n) is 7.02. The quantitative estimate of drug-likeness (QED) is 0.830. The van der Waals surface area contributed by atoms with E-state index >= 15 is 0 Å². The molecule has 0 unspecified atom stereocenters. The molecule has 0 bridgehead atoms. The minimum Gasteiger partial charge on any atom is -0.385 e. The summed E-state index contributed by atoms with van der Waals surface area (Å²) in [4.78, 5) is 2.77. The number of likely N-dealkylation sites (tertiary alicyclic amines) is 1. The number of hydrogen-bond acceptors (Lipinski definition) is 3. The number of anilines is 1. The monoisotopic (exact) mass is 285 g/mol. The predicted octanol–water partition coefficient (Wildman–Crippen LogP) is 2.59. The number of hydrogen-bond donors (Lipinski definition) is 2. The Hall–Kier alpha value is -1.06. The number of para-hydroxylation sites is 1. The topological polar surface area (TPSA) is 27.3 Å². The van der Waals surface area contributed by atoms with Crippen LogP contribution >= 0.6 is 0 Å². The van der Waals surface area contributed by atoms with Crippen molar-refractivity contribution in [2.75, 3.05) is 38.0 Å². The van der Waals surface area contributed by atoms with E-state index in [9.17, 15) is 0 Å². The molecule has 3 heterocycles. The molecule has 1 aromatic rings. The summed E-state index contributed by atoms with van der Waals surface area (Å²) in [7, 11) is 0. The zero-order valence-electron chi connectivity index (χ0n) is 12.9. The van der Waals surface area contributed by atoms with E-state index in [1.165, 1.54) is 64.0 Å². The molecule has 0 aromatic heterocycles. The van der Waals surface area contributed by atoms with Gasteiger partial charge in [-0.25, -0.2) is 0 Å². The van der Waals surface area contributed by atoms with Gasteiger partial charge in [0.15, 0.2) is 0 Å². The van der Waals surface area contributed by atoms with Crippen LogP contribution in [0.2, 0.25) is 0 Å². The van der Waals surface area contributed by atoms with Gasteiger partial charge in [-0.2, -0.15) is 0 Å². The van der Waals surface area contributed by atoms with Gasteiger partial charge < -0.3 is 15.5 Å². The Morgan fingerprint density at radius 1 is 0.952 bits per heavy atom. The van der Waals surface area contributed by atoms with Crippen molar-refractivity contribution in [2.24, 2.45) is 0 Å². The summed E-state index contributed by atoms with van der Waals surface area (Å²) in [6, 6.07) is 9.83. The summed E-state index contributed by atoms with van der Waals surface area (Å²) in [5.41, 5.74) is 3.42. The third kappa shape index (κ3) is 2.47. The van der Waals surface area contributed by atoms with Gasteiger partial charge in [-0.1, -0.05) is 18.2 Å². The summed E-state index contributed by atoms with van der Waals surface area (Å²) >= 11 is 0. The normalized spacial score (nSPS) is 26.3. The van der Waals surface area contributed by atoms with E-state index in [0.717, 1.165) is 12.6 Å². The van der Waals surface area contributed by atoms with Crippen molar-refractivity contribution in [2.45, 2.75) is 43.6 Å². The van der Waals surface area contributed by atoms with Gasteiger partial charge in [0.05, 0.1) is 0 Å². The molecule has 21 heavy (non-hydrogen) atoms. The van der Waals surface area contributed by atoms with Crippen LogP contribution in [0.5, 0.6) is 0 Å². The zero-order valence-corrected chi connectivity index (χ0v) is 12.9. The second kappa shape index (κ2) is 5.62. The molecule has 114 valence electrons. The van der Waals surface area contributed by atoms with Gasteiger partial charge in [0.2, 0.25) is 0 Å². The van der Waals surface area contributed by atoms with Crippen molar-refractivity contribution in [1.82, 2.24) is 10.2 Å². The maximum atomic E-state index is 3.59. The second-order valence-corrected chi connectivity index (χ2v) is 7.02. The standard InChI is InChI=1S/C18H27N3/c1-2-4-17-16(3-1)18(7-12-20-17)8-13-21(14-9-18)15-5-10-19-11-6-15/h1-4,15,19-20H,5-14H2. The minimum absolute atomic E-state index is 0.450. The van der Waals surface area contributed by atoms with Crippen LogP contribution in [0.1, 0.15) is 37.7 Å². The third-order valence-electron chi connectivity index (χ3n) is 6.00. The van der Waals surface area contributed by atoms with Crippen LogP contribution in [0.4, 0.5) is 5.69 Å². The van der Waals surface area contributed by atoms with Gasteiger partial charge in [-0.3, -0.25) is 0 Å². The molecular weight excluding hydrogens is 258 g/mol. The lowest BCUT2D eigenvalue weighted by Gasteiger charge is -2.48.